The number of rotatable bonds is 7. The first-order chi connectivity index (χ1) is 16.8. The third-order valence-electron chi connectivity index (χ3n) is 4.91. The van der Waals surface area contributed by atoms with E-state index >= 15 is 0 Å². The van der Waals surface area contributed by atoms with Gasteiger partial charge in [-0.2, -0.15) is 5.01 Å². The van der Waals surface area contributed by atoms with E-state index in [1.807, 2.05) is 0 Å². The fourth-order valence-corrected chi connectivity index (χ4v) is 3.20. The third kappa shape index (κ3) is 4.83. The molecule has 0 N–H and O–H groups in total. The summed E-state index contributed by atoms with van der Waals surface area (Å²) in [5.74, 6) is 0.420. The SMILES string of the molecule is COc1cc(C2OC(c3ccc([N+](=O)[O-])cc3)=NN2C(C)=O)ccc1Oc1ccc([N+](=O)[O-])cn1. The molecule has 1 aliphatic rings. The molecule has 178 valence electrons. The number of hydrogen-bond acceptors (Lipinski definition) is 10. The van der Waals surface area contributed by atoms with Crippen molar-refractivity contribution in [1.82, 2.24) is 9.99 Å². The van der Waals surface area contributed by atoms with Gasteiger partial charge in [-0.05, 0) is 30.3 Å². The number of carbonyl (C=O) groups excluding carboxylic acids is 1. The lowest BCUT2D eigenvalue weighted by molar-refractivity contribution is -0.385. The standard InChI is InChI=1S/C22H17N5O8/c1-13(28)25-22(35-21(24-25)14-3-6-16(7-4-14)26(29)30)15-5-9-18(19(11-15)33-2)34-20-10-8-17(12-23-20)27(31)32/h3-12,22H,1-2H3. The molecule has 2 heterocycles. The monoisotopic (exact) mass is 479 g/mol. The number of nitrogens with zero attached hydrogens (tertiary/aromatic N) is 5. The Balaban J connectivity index is 1.58. The molecule has 1 aliphatic heterocycles. The van der Waals surface area contributed by atoms with Crippen molar-refractivity contribution in [1.29, 1.82) is 0 Å². The van der Waals surface area contributed by atoms with Crippen molar-refractivity contribution in [2.24, 2.45) is 5.10 Å². The Morgan fingerprint density at radius 2 is 1.69 bits per heavy atom. The van der Waals surface area contributed by atoms with Crippen molar-refractivity contribution in [2.45, 2.75) is 13.2 Å². The maximum Gasteiger partial charge on any atom is 0.287 e. The van der Waals surface area contributed by atoms with E-state index in [2.05, 4.69) is 10.1 Å². The Morgan fingerprint density at radius 1 is 1.00 bits per heavy atom. The number of non-ortho nitro benzene ring substituents is 1. The van der Waals surface area contributed by atoms with Crippen LogP contribution in [0.2, 0.25) is 0 Å². The maximum absolute atomic E-state index is 12.2. The van der Waals surface area contributed by atoms with Crippen LogP contribution in [0.1, 0.15) is 24.3 Å². The number of ether oxygens (including phenoxy) is 3. The van der Waals surface area contributed by atoms with Crippen LogP contribution < -0.4 is 9.47 Å². The third-order valence-corrected chi connectivity index (χ3v) is 4.91. The van der Waals surface area contributed by atoms with E-state index in [0.717, 1.165) is 11.2 Å². The van der Waals surface area contributed by atoms with E-state index < -0.39 is 16.1 Å². The summed E-state index contributed by atoms with van der Waals surface area (Å²) >= 11 is 0. The minimum atomic E-state index is -0.918. The molecule has 4 rings (SSSR count). The molecule has 1 atom stereocenters. The zero-order valence-corrected chi connectivity index (χ0v) is 18.4. The van der Waals surface area contributed by atoms with Gasteiger partial charge < -0.3 is 14.2 Å². The van der Waals surface area contributed by atoms with Crippen molar-refractivity contribution in [3.63, 3.8) is 0 Å². The van der Waals surface area contributed by atoms with Gasteiger partial charge in [0, 0.05) is 42.3 Å². The van der Waals surface area contributed by atoms with Crippen LogP contribution in [0.15, 0.2) is 65.9 Å². The van der Waals surface area contributed by atoms with E-state index in [9.17, 15) is 25.0 Å². The Labute approximate surface area is 197 Å². The van der Waals surface area contributed by atoms with Crippen molar-refractivity contribution in [2.75, 3.05) is 7.11 Å². The Bertz CT molecular complexity index is 1320. The number of amides is 1. The number of nitro groups is 2. The van der Waals surface area contributed by atoms with Crippen LogP contribution in [0, 0.1) is 20.2 Å². The zero-order valence-electron chi connectivity index (χ0n) is 18.4. The lowest BCUT2D eigenvalue weighted by atomic mass is 10.1. The average Bonchev–Trinajstić information content (AvgIpc) is 3.30. The van der Waals surface area contributed by atoms with Crippen LogP contribution >= 0.6 is 0 Å². The summed E-state index contributed by atoms with van der Waals surface area (Å²) in [5.41, 5.74) is 0.712. The Hall–Kier alpha value is -5.07. The fourth-order valence-electron chi connectivity index (χ4n) is 3.20. The summed E-state index contributed by atoms with van der Waals surface area (Å²) in [6.07, 6.45) is 0.155. The van der Waals surface area contributed by atoms with E-state index in [0.29, 0.717) is 16.9 Å². The van der Waals surface area contributed by atoms with Crippen LogP contribution in [0.3, 0.4) is 0 Å². The number of benzene rings is 2. The highest BCUT2D eigenvalue weighted by molar-refractivity contribution is 5.96. The zero-order chi connectivity index (χ0) is 25.1. The molecular weight excluding hydrogens is 462 g/mol. The number of pyridine rings is 1. The predicted molar refractivity (Wildman–Crippen MR) is 120 cm³/mol. The quantitative estimate of drug-likeness (QED) is 0.361. The molecule has 0 aliphatic carbocycles. The van der Waals surface area contributed by atoms with Gasteiger partial charge in [0.05, 0.1) is 17.0 Å². The van der Waals surface area contributed by atoms with E-state index in [1.165, 1.54) is 50.4 Å². The minimum absolute atomic E-state index is 0.0878. The Morgan fingerprint density at radius 3 is 2.26 bits per heavy atom. The van der Waals surface area contributed by atoms with E-state index in [-0.39, 0.29) is 34.8 Å². The van der Waals surface area contributed by atoms with E-state index in [1.54, 1.807) is 18.2 Å². The highest BCUT2D eigenvalue weighted by Gasteiger charge is 2.34. The summed E-state index contributed by atoms with van der Waals surface area (Å²) in [4.78, 5) is 36.7. The molecule has 13 heteroatoms. The molecule has 35 heavy (non-hydrogen) atoms. The van der Waals surface area contributed by atoms with Gasteiger partial charge >= 0.3 is 0 Å². The second-order valence-corrected chi connectivity index (χ2v) is 7.17. The number of hydrazone groups is 1. The maximum atomic E-state index is 12.2. The molecule has 1 amide bonds. The first-order valence-corrected chi connectivity index (χ1v) is 10.0. The van der Waals surface area contributed by atoms with Gasteiger partial charge in [0.1, 0.15) is 6.20 Å². The molecule has 0 bridgehead atoms. The van der Waals surface area contributed by atoms with Crippen molar-refractivity contribution in [3.8, 4) is 17.4 Å². The molecular formula is C22H17N5O8. The van der Waals surface area contributed by atoms with Gasteiger partial charge in [-0.15, -0.1) is 5.10 Å². The molecule has 3 aromatic rings. The van der Waals surface area contributed by atoms with Gasteiger partial charge in [-0.3, -0.25) is 25.0 Å². The van der Waals surface area contributed by atoms with Crippen LogP contribution in [-0.4, -0.2) is 38.8 Å². The van der Waals surface area contributed by atoms with Crippen molar-refractivity contribution >= 4 is 23.2 Å². The fraction of sp³-hybridized carbons (Fsp3) is 0.136. The summed E-state index contributed by atoms with van der Waals surface area (Å²) in [6.45, 7) is 1.33. The first kappa shape index (κ1) is 23.1. The van der Waals surface area contributed by atoms with Gasteiger partial charge in [0.25, 0.3) is 11.4 Å². The van der Waals surface area contributed by atoms with Crippen molar-refractivity contribution in [3.05, 3.63) is 92.1 Å². The highest BCUT2D eigenvalue weighted by Crippen LogP contribution is 2.37. The van der Waals surface area contributed by atoms with Gasteiger partial charge in [-0.25, -0.2) is 4.98 Å². The van der Waals surface area contributed by atoms with Gasteiger partial charge in [0.2, 0.25) is 23.9 Å². The molecule has 13 nitrogen and oxygen atoms in total. The normalized spacial score (nSPS) is 14.6. The molecule has 0 saturated heterocycles. The molecule has 0 spiro atoms. The second-order valence-electron chi connectivity index (χ2n) is 7.17. The van der Waals surface area contributed by atoms with Crippen LogP contribution in [0.4, 0.5) is 11.4 Å². The summed E-state index contributed by atoms with van der Waals surface area (Å²) in [6, 6.07) is 13.0. The number of hydrogen-bond donors (Lipinski definition) is 0. The Kier molecular flexibility index (Phi) is 6.22. The lowest BCUT2D eigenvalue weighted by Crippen LogP contribution is -2.25. The summed E-state index contributed by atoms with van der Waals surface area (Å²) in [7, 11) is 1.42. The minimum Gasteiger partial charge on any atom is -0.493 e. The molecule has 0 radical (unpaired) electrons. The molecule has 1 aromatic heterocycles. The number of aromatic nitrogens is 1. The largest absolute Gasteiger partial charge is 0.493 e. The first-order valence-electron chi connectivity index (χ1n) is 10.0. The smallest absolute Gasteiger partial charge is 0.287 e. The number of carbonyl (C=O) groups is 1. The highest BCUT2D eigenvalue weighted by atomic mass is 16.6. The van der Waals surface area contributed by atoms with Gasteiger partial charge in [-0.1, -0.05) is 0 Å². The molecule has 2 aromatic carbocycles. The van der Waals surface area contributed by atoms with Crippen LogP contribution in [-0.2, 0) is 9.53 Å². The lowest BCUT2D eigenvalue weighted by Gasteiger charge is -2.20. The number of nitro benzene ring substituents is 1. The van der Waals surface area contributed by atoms with Crippen molar-refractivity contribution < 1.29 is 28.9 Å². The second kappa shape index (κ2) is 9.43. The topological polar surface area (TPSA) is 160 Å². The number of methoxy groups -OCH3 is 1. The predicted octanol–water partition coefficient (Wildman–Crippen LogP) is 3.94. The molecule has 0 fully saturated rings. The molecule has 1 unspecified atom stereocenters. The summed E-state index contributed by atoms with van der Waals surface area (Å²) in [5, 5.41) is 27.1. The van der Waals surface area contributed by atoms with E-state index in [4.69, 9.17) is 14.2 Å². The average molecular weight is 479 g/mol. The van der Waals surface area contributed by atoms with Crippen LogP contribution in [0.5, 0.6) is 17.4 Å². The molecule has 0 saturated carbocycles. The van der Waals surface area contributed by atoms with Crippen LogP contribution in [0.25, 0.3) is 0 Å². The summed E-state index contributed by atoms with van der Waals surface area (Å²) < 4.78 is 17.0. The van der Waals surface area contributed by atoms with Gasteiger partial charge in [0.15, 0.2) is 11.5 Å².